The van der Waals surface area contributed by atoms with Gasteiger partial charge < -0.3 is 15.4 Å². The zero-order chi connectivity index (χ0) is 19.1. The molecule has 1 aliphatic heterocycles. The molecule has 0 saturated carbocycles. The number of carbonyl (C=O) groups is 2. The van der Waals surface area contributed by atoms with Crippen molar-refractivity contribution >= 4 is 34.4 Å². The summed E-state index contributed by atoms with van der Waals surface area (Å²) < 4.78 is 5.12. The Hall–Kier alpha value is -2.80. The van der Waals surface area contributed by atoms with E-state index in [2.05, 4.69) is 15.6 Å². The van der Waals surface area contributed by atoms with E-state index < -0.39 is 5.25 Å². The highest BCUT2D eigenvalue weighted by atomic mass is 32.2. The lowest BCUT2D eigenvalue weighted by molar-refractivity contribution is -0.125. The summed E-state index contributed by atoms with van der Waals surface area (Å²) in [6.45, 7) is 0.534. The zero-order valence-corrected chi connectivity index (χ0v) is 15.8. The van der Waals surface area contributed by atoms with E-state index in [9.17, 15) is 9.59 Å². The minimum absolute atomic E-state index is 0.142. The zero-order valence-electron chi connectivity index (χ0n) is 15.0. The van der Waals surface area contributed by atoms with Gasteiger partial charge in [-0.2, -0.15) is 0 Å². The van der Waals surface area contributed by atoms with Crippen molar-refractivity contribution in [1.82, 2.24) is 10.6 Å². The topological polar surface area (TPSA) is 79.8 Å². The first-order valence-electron chi connectivity index (χ1n) is 8.65. The van der Waals surface area contributed by atoms with Gasteiger partial charge >= 0.3 is 0 Å². The molecule has 6 nitrogen and oxygen atoms in total. The van der Waals surface area contributed by atoms with Gasteiger partial charge in [-0.05, 0) is 36.2 Å². The van der Waals surface area contributed by atoms with E-state index in [1.165, 1.54) is 11.8 Å². The molecule has 0 radical (unpaired) electrons. The third-order valence-electron chi connectivity index (χ3n) is 4.02. The van der Waals surface area contributed by atoms with Gasteiger partial charge in [-0.1, -0.05) is 42.1 Å². The number of rotatable bonds is 6. The van der Waals surface area contributed by atoms with E-state index in [4.69, 9.17) is 4.74 Å². The van der Waals surface area contributed by atoms with Crippen molar-refractivity contribution in [3.05, 3.63) is 60.2 Å². The van der Waals surface area contributed by atoms with Crippen molar-refractivity contribution in [2.75, 3.05) is 13.7 Å². The molecule has 0 spiro atoms. The number of thioether (sulfide) groups is 1. The maximum atomic E-state index is 12.4. The largest absolute Gasteiger partial charge is 0.497 e. The summed E-state index contributed by atoms with van der Waals surface area (Å²) in [4.78, 5) is 28.8. The van der Waals surface area contributed by atoms with Gasteiger partial charge in [0.2, 0.25) is 11.8 Å². The molecule has 2 aromatic carbocycles. The van der Waals surface area contributed by atoms with Crippen LogP contribution in [0.15, 0.2) is 59.6 Å². The highest BCUT2D eigenvalue weighted by Crippen LogP contribution is 2.24. The van der Waals surface area contributed by atoms with Crippen LogP contribution in [0.2, 0.25) is 0 Å². The fourth-order valence-electron chi connectivity index (χ4n) is 2.61. The second-order valence-corrected chi connectivity index (χ2v) is 7.19. The lowest BCUT2D eigenvalue weighted by atomic mass is 10.1. The maximum Gasteiger partial charge on any atom is 0.234 e. The van der Waals surface area contributed by atoms with Crippen LogP contribution in [0.3, 0.4) is 0 Å². The molecule has 1 heterocycles. The monoisotopic (exact) mass is 383 g/mol. The Morgan fingerprint density at radius 2 is 1.96 bits per heavy atom. The number of nitrogens with zero attached hydrogens (tertiary/aromatic N) is 1. The number of nitrogens with one attached hydrogen (secondary N) is 2. The Kier molecular flexibility index (Phi) is 6.49. The molecule has 3 rings (SSSR count). The second-order valence-electron chi connectivity index (χ2n) is 6.00. The number of hydrogen-bond donors (Lipinski definition) is 2. The molecule has 2 amide bonds. The molecule has 1 fully saturated rings. The fraction of sp³-hybridized carbons (Fsp3) is 0.250. The molecule has 0 bridgehead atoms. The first-order valence-corrected chi connectivity index (χ1v) is 9.53. The minimum atomic E-state index is -0.480. The Labute approximate surface area is 162 Å². The van der Waals surface area contributed by atoms with E-state index in [0.717, 1.165) is 17.7 Å². The summed E-state index contributed by atoms with van der Waals surface area (Å²) in [7, 11) is 1.60. The third kappa shape index (κ3) is 5.59. The van der Waals surface area contributed by atoms with Crippen LogP contribution in [-0.2, 0) is 16.0 Å². The van der Waals surface area contributed by atoms with Gasteiger partial charge in [0.05, 0.1) is 18.0 Å². The van der Waals surface area contributed by atoms with Gasteiger partial charge in [-0.3, -0.25) is 9.59 Å². The van der Waals surface area contributed by atoms with Crippen molar-refractivity contribution in [2.45, 2.75) is 18.1 Å². The molecule has 1 aliphatic rings. The molecular formula is C20H21N3O3S. The van der Waals surface area contributed by atoms with Crippen LogP contribution in [0.5, 0.6) is 5.75 Å². The standard InChI is InChI=1S/C20H21N3O3S/c1-26-16-9-7-15(8-10-16)22-20-23-18(24)13-17(27-20)19(25)21-12-11-14-5-3-2-4-6-14/h2-10,17H,11-13H2,1H3,(H,21,25)(H,22,23,24)/t17-/m1/s1. The van der Waals surface area contributed by atoms with Crippen LogP contribution in [0.4, 0.5) is 5.69 Å². The molecule has 27 heavy (non-hydrogen) atoms. The Bertz CT molecular complexity index is 822. The van der Waals surface area contributed by atoms with Gasteiger partial charge in [-0.25, -0.2) is 4.99 Å². The summed E-state index contributed by atoms with van der Waals surface area (Å²) >= 11 is 1.27. The van der Waals surface area contributed by atoms with Crippen LogP contribution in [-0.4, -0.2) is 35.9 Å². The SMILES string of the molecule is COc1ccc(N=C2NC(=O)C[C@H](C(=O)NCCc3ccccc3)S2)cc1. The second kappa shape index (κ2) is 9.23. The quantitative estimate of drug-likeness (QED) is 0.804. The van der Waals surface area contributed by atoms with Crippen LogP contribution in [0, 0.1) is 0 Å². The van der Waals surface area contributed by atoms with Crippen LogP contribution >= 0.6 is 11.8 Å². The van der Waals surface area contributed by atoms with Crippen molar-refractivity contribution < 1.29 is 14.3 Å². The number of carbonyl (C=O) groups excluding carboxylic acids is 2. The summed E-state index contributed by atoms with van der Waals surface area (Å²) in [5.41, 5.74) is 1.84. The smallest absolute Gasteiger partial charge is 0.234 e. The number of hydrogen-bond acceptors (Lipinski definition) is 5. The van der Waals surface area contributed by atoms with Crippen LogP contribution < -0.4 is 15.4 Å². The normalized spacial score (nSPS) is 18.0. The van der Waals surface area contributed by atoms with Crippen LogP contribution in [0.1, 0.15) is 12.0 Å². The molecule has 140 valence electrons. The summed E-state index contributed by atoms with van der Waals surface area (Å²) in [6, 6.07) is 17.1. The van der Waals surface area contributed by atoms with E-state index in [1.807, 2.05) is 30.3 Å². The van der Waals surface area contributed by atoms with E-state index >= 15 is 0 Å². The van der Waals surface area contributed by atoms with E-state index in [1.54, 1.807) is 31.4 Å². The van der Waals surface area contributed by atoms with Crippen molar-refractivity contribution in [3.8, 4) is 5.75 Å². The van der Waals surface area contributed by atoms with E-state index in [-0.39, 0.29) is 18.2 Å². The maximum absolute atomic E-state index is 12.4. The van der Waals surface area contributed by atoms with Gasteiger partial charge in [0, 0.05) is 13.0 Å². The number of benzene rings is 2. The first kappa shape index (κ1) is 19.0. The molecule has 0 aliphatic carbocycles. The molecule has 7 heteroatoms. The van der Waals surface area contributed by atoms with Gasteiger partial charge in [0.25, 0.3) is 0 Å². The Morgan fingerprint density at radius 3 is 2.67 bits per heavy atom. The number of amidine groups is 1. The molecular weight excluding hydrogens is 362 g/mol. The van der Waals surface area contributed by atoms with Gasteiger partial charge in [0.15, 0.2) is 5.17 Å². The molecule has 2 N–H and O–H groups in total. The number of methoxy groups -OCH3 is 1. The molecule has 0 unspecified atom stereocenters. The predicted molar refractivity (Wildman–Crippen MR) is 107 cm³/mol. The van der Waals surface area contributed by atoms with Crippen molar-refractivity contribution in [2.24, 2.45) is 4.99 Å². The summed E-state index contributed by atoms with van der Waals surface area (Å²) in [5.74, 6) is 0.382. The first-order chi connectivity index (χ1) is 13.1. The highest BCUT2D eigenvalue weighted by molar-refractivity contribution is 8.15. The van der Waals surface area contributed by atoms with E-state index in [0.29, 0.717) is 17.4 Å². The Balaban J connectivity index is 1.57. The summed E-state index contributed by atoms with van der Waals surface area (Å²) in [6.07, 6.45) is 0.895. The minimum Gasteiger partial charge on any atom is -0.497 e. The van der Waals surface area contributed by atoms with Crippen LogP contribution in [0.25, 0.3) is 0 Å². The fourth-order valence-corrected chi connectivity index (χ4v) is 3.63. The average molecular weight is 383 g/mol. The molecule has 0 aromatic heterocycles. The van der Waals surface area contributed by atoms with Gasteiger partial charge in [-0.15, -0.1) is 0 Å². The van der Waals surface area contributed by atoms with Gasteiger partial charge in [0.1, 0.15) is 5.75 Å². The molecule has 1 atom stereocenters. The number of amides is 2. The molecule has 1 saturated heterocycles. The lowest BCUT2D eigenvalue weighted by Gasteiger charge is -2.22. The number of aliphatic imine (C=N–C) groups is 1. The highest BCUT2D eigenvalue weighted by Gasteiger charge is 2.30. The Morgan fingerprint density at radius 1 is 1.22 bits per heavy atom. The number of ether oxygens (including phenoxy) is 1. The lowest BCUT2D eigenvalue weighted by Crippen LogP contribution is -2.44. The molecule has 2 aromatic rings. The predicted octanol–water partition coefficient (Wildman–Crippen LogP) is 2.66. The summed E-state index contributed by atoms with van der Waals surface area (Å²) in [5, 5.41) is 5.58. The van der Waals surface area contributed by atoms with Crippen molar-refractivity contribution in [3.63, 3.8) is 0 Å². The average Bonchev–Trinajstić information content (AvgIpc) is 2.69. The third-order valence-corrected chi connectivity index (χ3v) is 5.10. The van der Waals surface area contributed by atoms with Crippen molar-refractivity contribution in [1.29, 1.82) is 0 Å².